The van der Waals surface area contributed by atoms with Gasteiger partial charge in [0.2, 0.25) is 0 Å². The van der Waals surface area contributed by atoms with Crippen LogP contribution in [-0.2, 0) is 4.79 Å². The zero-order chi connectivity index (χ0) is 16.6. The molecule has 3 rings (SSSR count). The lowest BCUT2D eigenvalue weighted by Crippen LogP contribution is -2.49. The maximum atomic E-state index is 12.9. The van der Waals surface area contributed by atoms with Gasteiger partial charge in [-0.15, -0.1) is 0 Å². The molecule has 0 aromatic heterocycles. The predicted molar refractivity (Wildman–Crippen MR) is 87.1 cm³/mol. The third-order valence-electron chi connectivity index (χ3n) is 5.10. The van der Waals surface area contributed by atoms with Crippen LogP contribution >= 0.6 is 11.6 Å². The van der Waals surface area contributed by atoms with Crippen molar-refractivity contribution in [1.82, 2.24) is 9.80 Å². The Morgan fingerprint density at radius 3 is 2.52 bits per heavy atom. The predicted octanol–water partition coefficient (Wildman–Crippen LogP) is 2.97. The molecule has 1 saturated carbocycles. The standard InChI is InChI=1S/C17H21ClN2O3/c1-19-16(23)20(15(22)17(19)9-5-2-6-10-17)11-14(21)12-7-3-4-8-13(12)18/h3-4,7-8,14,21H,2,5-6,9-11H2,1H3. The maximum Gasteiger partial charge on any atom is 0.327 e. The van der Waals surface area contributed by atoms with E-state index in [1.165, 1.54) is 4.90 Å². The van der Waals surface area contributed by atoms with E-state index in [1.807, 2.05) is 0 Å². The fraction of sp³-hybridized carbons (Fsp3) is 0.529. The SMILES string of the molecule is CN1C(=O)N(CC(O)c2ccccc2Cl)C(=O)C12CCCCC2. The Hall–Kier alpha value is -1.59. The van der Waals surface area contributed by atoms with Crippen LogP contribution in [0, 0.1) is 0 Å². The molecule has 23 heavy (non-hydrogen) atoms. The first kappa shape index (κ1) is 16.3. The monoisotopic (exact) mass is 336 g/mol. The molecular weight excluding hydrogens is 316 g/mol. The van der Waals surface area contributed by atoms with Gasteiger partial charge in [0.15, 0.2) is 0 Å². The van der Waals surface area contributed by atoms with E-state index in [1.54, 1.807) is 36.2 Å². The number of nitrogens with zero attached hydrogens (tertiary/aromatic N) is 2. The Balaban J connectivity index is 1.82. The lowest BCUT2D eigenvalue weighted by molar-refractivity contribution is -0.135. The van der Waals surface area contributed by atoms with Gasteiger partial charge in [0, 0.05) is 17.6 Å². The number of rotatable bonds is 3. The third kappa shape index (κ3) is 2.62. The molecule has 1 aliphatic carbocycles. The molecule has 1 N–H and O–H groups in total. The number of β-amino-alcohol motifs (C(OH)–C–C–N with tert-alkyl or cyclic N) is 1. The fourth-order valence-electron chi connectivity index (χ4n) is 3.71. The minimum absolute atomic E-state index is 0.0620. The summed E-state index contributed by atoms with van der Waals surface area (Å²) in [7, 11) is 1.69. The van der Waals surface area contributed by atoms with Gasteiger partial charge < -0.3 is 10.0 Å². The molecule has 1 aromatic carbocycles. The summed E-state index contributed by atoms with van der Waals surface area (Å²) in [4.78, 5) is 28.1. The van der Waals surface area contributed by atoms with Crippen LogP contribution in [0.15, 0.2) is 24.3 Å². The Morgan fingerprint density at radius 1 is 1.22 bits per heavy atom. The molecule has 1 spiro atoms. The van der Waals surface area contributed by atoms with Gasteiger partial charge >= 0.3 is 6.03 Å². The van der Waals surface area contributed by atoms with Crippen LogP contribution in [0.4, 0.5) is 4.79 Å². The van der Waals surface area contributed by atoms with Crippen LogP contribution in [0.1, 0.15) is 43.8 Å². The number of hydrogen-bond acceptors (Lipinski definition) is 3. The lowest BCUT2D eigenvalue weighted by Gasteiger charge is -2.35. The van der Waals surface area contributed by atoms with Crippen molar-refractivity contribution in [2.45, 2.75) is 43.7 Å². The van der Waals surface area contributed by atoms with Crippen molar-refractivity contribution in [2.75, 3.05) is 13.6 Å². The first-order valence-corrected chi connectivity index (χ1v) is 8.37. The van der Waals surface area contributed by atoms with E-state index in [4.69, 9.17) is 11.6 Å². The Kier molecular flexibility index (Phi) is 4.34. The lowest BCUT2D eigenvalue weighted by atomic mass is 9.80. The number of halogens is 1. The summed E-state index contributed by atoms with van der Waals surface area (Å²) in [5, 5.41) is 10.9. The highest BCUT2D eigenvalue weighted by Gasteiger charge is 2.55. The largest absolute Gasteiger partial charge is 0.386 e. The first-order valence-electron chi connectivity index (χ1n) is 7.99. The Morgan fingerprint density at radius 2 is 1.87 bits per heavy atom. The fourth-order valence-corrected chi connectivity index (χ4v) is 3.97. The second-order valence-electron chi connectivity index (χ2n) is 6.39. The molecular formula is C17H21ClN2O3. The number of hydrogen-bond donors (Lipinski definition) is 1. The topological polar surface area (TPSA) is 60.9 Å². The summed E-state index contributed by atoms with van der Waals surface area (Å²) in [6.45, 7) is -0.0620. The summed E-state index contributed by atoms with van der Waals surface area (Å²) in [5.74, 6) is -0.184. The molecule has 3 amide bonds. The normalized spacial score (nSPS) is 22.0. The molecule has 2 fully saturated rings. The molecule has 1 atom stereocenters. The van der Waals surface area contributed by atoms with Gasteiger partial charge in [-0.3, -0.25) is 9.69 Å². The van der Waals surface area contributed by atoms with Crippen molar-refractivity contribution in [1.29, 1.82) is 0 Å². The van der Waals surface area contributed by atoms with Crippen molar-refractivity contribution in [3.05, 3.63) is 34.9 Å². The van der Waals surface area contributed by atoms with E-state index in [2.05, 4.69) is 0 Å². The van der Waals surface area contributed by atoms with Gasteiger partial charge in [-0.25, -0.2) is 4.79 Å². The van der Waals surface area contributed by atoms with Crippen LogP contribution in [0.2, 0.25) is 5.02 Å². The molecule has 2 aliphatic rings. The molecule has 1 aliphatic heterocycles. The maximum absolute atomic E-state index is 12.9. The second-order valence-corrected chi connectivity index (χ2v) is 6.79. The van der Waals surface area contributed by atoms with Gasteiger partial charge in [-0.2, -0.15) is 0 Å². The smallest absolute Gasteiger partial charge is 0.327 e. The molecule has 5 nitrogen and oxygen atoms in total. The zero-order valence-corrected chi connectivity index (χ0v) is 13.9. The second kappa shape index (κ2) is 6.13. The zero-order valence-electron chi connectivity index (χ0n) is 13.2. The number of carbonyl (C=O) groups is 2. The summed E-state index contributed by atoms with van der Waals surface area (Å²) < 4.78 is 0. The molecule has 1 heterocycles. The molecule has 1 unspecified atom stereocenters. The van der Waals surface area contributed by atoms with E-state index in [9.17, 15) is 14.7 Å². The van der Waals surface area contributed by atoms with E-state index in [0.29, 0.717) is 23.4 Å². The van der Waals surface area contributed by atoms with Gasteiger partial charge in [0.1, 0.15) is 5.54 Å². The highest BCUT2D eigenvalue weighted by molar-refractivity contribution is 6.31. The Bertz CT molecular complexity index is 628. The van der Waals surface area contributed by atoms with Crippen LogP contribution in [0.5, 0.6) is 0 Å². The molecule has 6 heteroatoms. The number of aliphatic hydroxyl groups excluding tert-OH is 1. The minimum Gasteiger partial charge on any atom is -0.386 e. The van der Waals surface area contributed by atoms with Gasteiger partial charge in [-0.05, 0) is 18.9 Å². The van der Waals surface area contributed by atoms with E-state index in [0.717, 1.165) is 19.3 Å². The number of likely N-dealkylation sites (N-methyl/N-ethyl adjacent to an activating group) is 1. The van der Waals surface area contributed by atoms with Gasteiger partial charge in [0.05, 0.1) is 12.6 Å². The first-order chi connectivity index (χ1) is 11.0. The number of aliphatic hydroxyl groups is 1. The summed E-state index contributed by atoms with van der Waals surface area (Å²) in [6.07, 6.45) is 3.41. The number of benzene rings is 1. The highest BCUT2D eigenvalue weighted by atomic mass is 35.5. The van der Waals surface area contributed by atoms with Crippen molar-refractivity contribution in [3.8, 4) is 0 Å². The van der Waals surface area contributed by atoms with Gasteiger partial charge in [0.25, 0.3) is 5.91 Å². The molecule has 124 valence electrons. The van der Waals surface area contributed by atoms with Crippen molar-refractivity contribution in [2.24, 2.45) is 0 Å². The van der Waals surface area contributed by atoms with E-state index >= 15 is 0 Å². The van der Waals surface area contributed by atoms with Crippen LogP contribution in [-0.4, -0.2) is 46.0 Å². The average Bonchev–Trinajstić information content (AvgIpc) is 2.72. The van der Waals surface area contributed by atoms with Gasteiger partial charge in [-0.1, -0.05) is 49.1 Å². The summed E-state index contributed by atoms with van der Waals surface area (Å²) in [6, 6.07) is 6.60. The van der Waals surface area contributed by atoms with Crippen molar-refractivity contribution >= 4 is 23.5 Å². The van der Waals surface area contributed by atoms with Crippen molar-refractivity contribution in [3.63, 3.8) is 0 Å². The van der Waals surface area contributed by atoms with E-state index in [-0.39, 0.29) is 18.5 Å². The number of imide groups is 1. The number of amides is 3. The van der Waals surface area contributed by atoms with Crippen molar-refractivity contribution < 1.29 is 14.7 Å². The third-order valence-corrected chi connectivity index (χ3v) is 5.45. The average molecular weight is 337 g/mol. The summed E-state index contributed by atoms with van der Waals surface area (Å²) in [5.41, 5.74) is -0.183. The van der Waals surface area contributed by atoms with Crippen LogP contribution in [0.3, 0.4) is 0 Å². The quantitative estimate of drug-likeness (QED) is 0.863. The summed E-state index contributed by atoms with van der Waals surface area (Å²) >= 11 is 6.09. The molecule has 1 saturated heterocycles. The molecule has 0 radical (unpaired) electrons. The molecule has 0 bridgehead atoms. The van der Waals surface area contributed by atoms with E-state index < -0.39 is 11.6 Å². The molecule has 1 aromatic rings. The number of carbonyl (C=O) groups excluding carboxylic acids is 2. The van der Waals surface area contributed by atoms with Crippen LogP contribution < -0.4 is 0 Å². The van der Waals surface area contributed by atoms with Crippen LogP contribution in [0.25, 0.3) is 0 Å². The minimum atomic E-state index is -0.983. The number of urea groups is 1. The highest BCUT2D eigenvalue weighted by Crippen LogP contribution is 2.40. The Labute approximate surface area is 140 Å².